The van der Waals surface area contributed by atoms with E-state index in [-0.39, 0.29) is 5.92 Å². The van der Waals surface area contributed by atoms with Crippen LogP contribution in [-0.4, -0.2) is 44.6 Å². The van der Waals surface area contributed by atoms with Crippen LogP contribution in [0.4, 0.5) is 11.5 Å². The van der Waals surface area contributed by atoms with Gasteiger partial charge in [0.15, 0.2) is 0 Å². The largest absolute Gasteiger partial charge is 0.494 e. The normalized spacial score (nSPS) is 16.8. The number of nitrogens with zero attached hydrogens (tertiary/aromatic N) is 4. The van der Waals surface area contributed by atoms with E-state index >= 15 is 0 Å². The zero-order chi connectivity index (χ0) is 22.4. The Labute approximate surface area is 195 Å². The summed E-state index contributed by atoms with van der Waals surface area (Å²) in [6.07, 6.45) is 9.91. The van der Waals surface area contributed by atoms with Crippen molar-refractivity contribution >= 4 is 49.9 Å². The fraction of sp³-hybridized carbons (Fsp3) is 0.417. The molecule has 1 aliphatic heterocycles. The van der Waals surface area contributed by atoms with Crippen molar-refractivity contribution in [1.82, 2.24) is 25.1 Å². The lowest BCUT2D eigenvalue weighted by Gasteiger charge is -2.32. The predicted molar refractivity (Wildman–Crippen MR) is 129 cm³/mol. The number of carbonyl (C=O) groups excluding carboxylic acids is 1. The minimum Gasteiger partial charge on any atom is -0.494 e. The fourth-order valence-corrected chi connectivity index (χ4v) is 6.39. The molecule has 1 fully saturated rings. The van der Waals surface area contributed by atoms with Crippen LogP contribution in [0.3, 0.4) is 0 Å². The molecular formula is C24H26N6O2S. The highest BCUT2D eigenvalue weighted by Gasteiger charge is 2.31. The summed E-state index contributed by atoms with van der Waals surface area (Å²) in [7, 11) is 1.66. The number of thiophene rings is 1. The Kier molecular flexibility index (Phi) is 5.13. The summed E-state index contributed by atoms with van der Waals surface area (Å²) in [6, 6.07) is 3.94. The van der Waals surface area contributed by atoms with Crippen LogP contribution in [0, 0.1) is 5.92 Å². The van der Waals surface area contributed by atoms with Gasteiger partial charge in [0, 0.05) is 28.8 Å². The summed E-state index contributed by atoms with van der Waals surface area (Å²) in [5.41, 5.74) is 3.01. The maximum absolute atomic E-state index is 13.1. The van der Waals surface area contributed by atoms with Gasteiger partial charge in [-0.15, -0.1) is 11.3 Å². The van der Waals surface area contributed by atoms with E-state index < -0.39 is 0 Å². The van der Waals surface area contributed by atoms with Gasteiger partial charge in [0.1, 0.15) is 22.7 Å². The maximum Gasteiger partial charge on any atom is 0.226 e. The molecule has 33 heavy (non-hydrogen) atoms. The summed E-state index contributed by atoms with van der Waals surface area (Å²) in [5, 5.41) is 12.6. The van der Waals surface area contributed by atoms with Crippen LogP contribution in [-0.2, 0) is 17.8 Å². The SMILES string of the molecule is COc1cc2[nH]ncc2cc1Nc1ncnc2sc3c(c12)CCN(C(=O)C1CCCCC1)C3. The first-order chi connectivity index (χ1) is 16.2. The van der Waals surface area contributed by atoms with Crippen molar-refractivity contribution in [1.29, 1.82) is 0 Å². The van der Waals surface area contributed by atoms with Crippen molar-refractivity contribution in [2.24, 2.45) is 5.92 Å². The van der Waals surface area contributed by atoms with Crippen molar-refractivity contribution < 1.29 is 9.53 Å². The molecule has 1 aliphatic carbocycles. The van der Waals surface area contributed by atoms with Crippen LogP contribution in [0.15, 0.2) is 24.7 Å². The minimum absolute atomic E-state index is 0.206. The molecule has 1 saturated carbocycles. The summed E-state index contributed by atoms with van der Waals surface area (Å²) in [4.78, 5) is 26.5. The Morgan fingerprint density at radius 2 is 2.12 bits per heavy atom. The lowest BCUT2D eigenvalue weighted by Crippen LogP contribution is -2.39. The lowest BCUT2D eigenvalue weighted by atomic mass is 9.88. The number of aromatic nitrogens is 4. The predicted octanol–water partition coefficient (Wildman–Crippen LogP) is 4.78. The highest BCUT2D eigenvalue weighted by Crippen LogP contribution is 2.40. The van der Waals surface area contributed by atoms with Gasteiger partial charge >= 0.3 is 0 Å². The van der Waals surface area contributed by atoms with Crippen LogP contribution in [0.5, 0.6) is 5.75 Å². The van der Waals surface area contributed by atoms with Crippen molar-refractivity contribution in [2.75, 3.05) is 19.0 Å². The molecule has 0 radical (unpaired) electrons. The number of benzene rings is 1. The van der Waals surface area contributed by atoms with E-state index in [2.05, 4.69) is 30.4 Å². The third kappa shape index (κ3) is 3.60. The Bertz CT molecular complexity index is 1340. The molecule has 2 N–H and O–H groups in total. The smallest absolute Gasteiger partial charge is 0.226 e. The number of nitrogens with one attached hydrogen (secondary N) is 2. The number of hydrogen-bond acceptors (Lipinski definition) is 7. The van der Waals surface area contributed by atoms with Gasteiger partial charge in [-0.05, 0) is 30.9 Å². The molecule has 1 aromatic carbocycles. The van der Waals surface area contributed by atoms with Crippen molar-refractivity contribution in [3.05, 3.63) is 35.1 Å². The second kappa shape index (κ2) is 8.30. The number of ether oxygens (including phenoxy) is 1. The highest BCUT2D eigenvalue weighted by atomic mass is 32.1. The summed E-state index contributed by atoms with van der Waals surface area (Å²) in [5.74, 6) is 2.02. The molecule has 4 heterocycles. The molecule has 9 heteroatoms. The molecule has 0 unspecified atom stereocenters. The van der Waals surface area contributed by atoms with E-state index in [1.54, 1.807) is 31.0 Å². The van der Waals surface area contributed by atoms with Gasteiger partial charge in [-0.1, -0.05) is 19.3 Å². The van der Waals surface area contributed by atoms with Crippen molar-refractivity contribution in [2.45, 2.75) is 45.1 Å². The average molecular weight is 463 g/mol. The molecular weight excluding hydrogens is 436 g/mol. The van der Waals surface area contributed by atoms with Crippen LogP contribution in [0.25, 0.3) is 21.1 Å². The Balaban J connectivity index is 1.32. The monoisotopic (exact) mass is 462 g/mol. The summed E-state index contributed by atoms with van der Waals surface area (Å²) >= 11 is 1.67. The molecule has 1 amide bonds. The van der Waals surface area contributed by atoms with E-state index in [1.165, 1.54) is 29.7 Å². The van der Waals surface area contributed by atoms with Gasteiger partial charge in [-0.3, -0.25) is 9.89 Å². The van der Waals surface area contributed by atoms with Crippen LogP contribution in [0.2, 0.25) is 0 Å². The molecule has 4 aromatic rings. The van der Waals surface area contributed by atoms with Gasteiger partial charge in [0.05, 0.1) is 36.4 Å². The van der Waals surface area contributed by atoms with E-state index in [0.717, 1.165) is 58.4 Å². The van der Waals surface area contributed by atoms with Crippen LogP contribution >= 0.6 is 11.3 Å². The summed E-state index contributed by atoms with van der Waals surface area (Å²) in [6.45, 7) is 1.43. The Morgan fingerprint density at radius 3 is 2.97 bits per heavy atom. The standard InChI is InChI=1S/C24H26N6O2S/c1-32-19-10-17-15(11-27-29-17)9-18(19)28-22-21-16-7-8-30(24(31)14-5-3-2-4-6-14)12-20(16)33-23(21)26-13-25-22/h9-11,13-14H,2-8,12H2,1H3,(H,27,29)(H,25,26,28). The molecule has 0 bridgehead atoms. The van der Waals surface area contributed by atoms with Crippen LogP contribution in [0.1, 0.15) is 42.5 Å². The van der Waals surface area contributed by atoms with Gasteiger partial charge < -0.3 is 15.0 Å². The van der Waals surface area contributed by atoms with Gasteiger partial charge in [0.2, 0.25) is 5.91 Å². The van der Waals surface area contributed by atoms with E-state index in [9.17, 15) is 4.79 Å². The second-order valence-corrected chi connectivity index (χ2v) is 9.97. The molecule has 0 spiro atoms. The number of aromatic amines is 1. The van der Waals surface area contributed by atoms with E-state index in [4.69, 9.17) is 4.74 Å². The third-order valence-corrected chi connectivity index (χ3v) is 8.04. The third-order valence-electron chi connectivity index (χ3n) is 6.92. The molecule has 2 aliphatic rings. The Hall–Kier alpha value is -3.20. The number of hydrogen-bond donors (Lipinski definition) is 2. The average Bonchev–Trinajstić information content (AvgIpc) is 3.47. The van der Waals surface area contributed by atoms with Gasteiger partial charge in [-0.25, -0.2) is 9.97 Å². The molecule has 0 saturated heterocycles. The number of fused-ring (bicyclic) bond motifs is 4. The number of methoxy groups -OCH3 is 1. The summed E-state index contributed by atoms with van der Waals surface area (Å²) < 4.78 is 5.60. The number of H-pyrrole nitrogens is 1. The molecule has 3 aromatic heterocycles. The minimum atomic E-state index is 0.206. The van der Waals surface area contributed by atoms with Crippen molar-refractivity contribution in [3.8, 4) is 5.75 Å². The number of rotatable bonds is 4. The topological polar surface area (TPSA) is 96.0 Å². The maximum atomic E-state index is 13.1. The molecule has 0 atom stereocenters. The first-order valence-electron chi connectivity index (χ1n) is 11.5. The number of carbonyl (C=O) groups is 1. The fourth-order valence-electron chi connectivity index (χ4n) is 5.18. The highest BCUT2D eigenvalue weighted by molar-refractivity contribution is 7.19. The first kappa shape index (κ1) is 20.4. The number of anilines is 2. The second-order valence-electron chi connectivity index (χ2n) is 8.89. The Morgan fingerprint density at radius 1 is 1.24 bits per heavy atom. The zero-order valence-electron chi connectivity index (χ0n) is 18.6. The van der Waals surface area contributed by atoms with Gasteiger partial charge in [-0.2, -0.15) is 5.10 Å². The zero-order valence-corrected chi connectivity index (χ0v) is 19.4. The lowest BCUT2D eigenvalue weighted by molar-refractivity contribution is -0.137. The van der Waals surface area contributed by atoms with Crippen molar-refractivity contribution in [3.63, 3.8) is 0 Å². The quantitative estimate of drug-likeness (QED) is 0.453. The number of amides is 1. The van der Waals surface area contributed by atoms with E-state index in [1.807, 2.05) is 12.1 Å². The first-order valence-corrected chi connectivity index (χ1v) is 12.3. The van der Waals surface area contributed by atoms with Gasteiger partial charge in [0.25, 0.3) is 0 Å². The van der Waals surface area contributed by atoms with Crippen LogP contribution < -0.4 is 10.1 Å². The molecule has 170 valence electrons. The molecule has 8 nitrogen and oxygen atoms in total. The molecule has 6 rings (SSSR count). The van der Waals surface area contributed by atoms with E-state index in [0.29, 0.717) is 18.2 Å².